The number of benzene rings is 2. The lowest BCUT2D eigenvalue weighted by molar-refractivity contribution is -0.149. The van der Waals surface area contributed by atoms with Crippen LogP contribution in [-0.2, 0) is 11.4 Å². The Labute approximate surface area is 241 Å². The third-order valence-electron chi connectivity index (χ3n) is 7.34. The molecular formula is C29H27F3N2O9. The van der Waals surface area contributed by atoms with Gasteiger partial charge >= 0.3 is 11.8 Å². The van der Waals surface area contributed by atoms with Crippen LogP contribution in [0.4, 0.5) is 13.2 Å². The quantitative estimate of drug-likeness (QED) is 0.281. The summed E-state index contributed by atoms with van der Waals surface area (Å²) in [7, 11) is 1.32. The van der Waals surface area contributed by atoms with Crippen LogP contribution in [0.1, 0.15) is 27.4 Å². The lowest BCUT2D eigenvalue weighted by atomic mass is 9.77. The average molecular weight is 605 g/mol. The molecule has 4 unspecified atom stereocenters. The van der Waals surface area contributed by atoms with E-state index in [9.17, 15) is 42.9 Å². The zero-order valence-electron chi connectivity index (χ0n) is 22.6. The second-order valence-corrected chi connectivity index (χ2v) is 10.1. The molecule has 2 aliphatic rings. The maximum Gasteiger partial charge on any atom is 0.406 e. The van der Waals surface area contributed by atoms with E-state index in [0.717, 1.165) is 12.1 Å². The maximum absolute atomic E-state index is 13.9. The number of hydrogen-bond donors (Lipinski definition) is 4. The number of hydrogen-bond acceptors (Lipinski definition) is 9. The van der Waals surface area contributed by atoms with Gasteiger partial charge in [0.25, 0.3) is 5.91 Å². The summed E-state index contributed by atoms with van der Waals surface area (Å²) in [5, 5.41) is 33.2. The number of carbonyl (C=O) groups excluding carboxylic acids is 2. The summed E-state index contributed by atoms with van der Waals surface area (Å²) >= 11 is 0. The Balaban J connectivity index is 1.65. The first-order valence-electron chi connectivity index (χ1n) is 13.1. The van der Waals surface area contributed by atoms with Gasteiger partial charge in [0.1, 0.15) is 29.9 Å². The van der Waals surface area contributed by atoms with E-state index in [4.69, 9.17) is 13.9 Å². The normalized spacial score (nSPS) is 21.0. The number of fused-ring (bicyclic) bond motifs is 4. The number of rotatable bonds is 8. The van der Waals surface area contributed by atoms with Crippen molar-refractivity contribution in [3.8, 4) is 11.5 Å². The standard InChI is InChI=1S/C29H27F3N2O9/c1-41-21-9-14(12-36)8-16-22-17(26(38)33-6-7-35)11-19(23(37)25(22)43-24(16)21)34(13-29(30,31)32)27(39)18-10-15-4-2-3-5-20(15)42-28(18)40/h2-5,8-11,19,22-23,25,35-37H,6-7,12-13H2,1H3,(H,33,38). The van der Waals surface area contributed by atoms with Crippen molar-refractivity contribution in [2.75, 3.05) is 26.8 Å². The average Bonchev–Trinajstić information content (AvgIpc) is 3.37. The number of amides is 2. The van der Waals surface area contributed by atoms with Gasteiger partial charge in [-0.3, -0.25) is 9.59 Å². The zero-order chi connectivity index (χ0) is 31.1. The fraction of sp³-hybridized carbons (Fsp3) is 0.345. The fourth-order valence-corrected chi connectivity index (χ4v) is 5.49. The number of methoxy groups -OCH3 is 1. The molecule has 0 saturated carbocycles. The first-order chi connectivity index (χ1) is 20.5. The first kappa shape index (κ1) is 30.1. The number of alkyl halides is 3. The predicted molar refractivity (Wildman–Crippen MR) is 144 cm³/mol. The van der Waals surface area contributed by atoms with E-state index in [0.29, 0.717) is 11.1 Å². The van der Waals surface area contributed by atoms with Gasteiger partial charge in [0.05, 0.1) is 32.3 Å². The molecule has 2 amide bonds. The number of aliphatic hydroxyl groups is 3. The largest absolute Gasteiger partial charge is 0.493 e. The van der Waals surface area contributed by atoms with Crippen molar-refractivity contribution in [1.82, 2.24) is 10.2 Å². The van der Waals surface area contributed by atoms with E-state index in [-0.39, 0.29) is 39.5 Å². The number of ether oxygens (including phenoxy) is 2. The van der Waals surface area contributed by atoms with Gasteiger partial charge in [-0.25, -0.2) is 4.79 Å². The molecule has 0 saturated heterocycles. The van der Waals surface area contributed by atoms with Crippen molar-refractivity contribution < 1.29 is 52.0 Å². The molecule has 2 aromatic carbocycles. The molecule has 2 heterocycles. The lowest BCUT2D eigenvalue weighted by Crippen LogP contribution is -2.57. The van der Waals surface area contributed by atoms with E-state index in [1.54, 1.807) is 12.1 Å². The van der Waals surface area contributed by atoms with E-state index >= 15 is 0 Å². The SMILES string of the molecule is COc1cc(CO)cc2c1OC1C2C(C(=O)NCCO)=CC(N(CC(F)(F)F)C(=O)c2cc3ccccc3oc2=O)C1O. The summed E-state index contributed by atoms with van der Waals surface area (Å²) in [5.74, 6) is -2.99. The van der Waals surface area contributed by atoms with E-state index in [2.05, 4.69) is 5.32 Å². The highest BCUT2D eigenvalue weighted by molar-refractivity contribution is 5.98. The Hall–Kier alpha value is -4.40. The molecule has 1 aliphatic carbocycles. The monoisotopic (exact) mass is 604 g/mol. The highest BCUT2D eigenvalue weighted by atomic mass is 19.4. The number of nitrogens with zero attached hydrogens (tertiary/aromatic N) is 1. The molecule has 5 rings (SSSR count). The highest BCUT2D eigenvalue weighted by Gasteiger charge is 2.53. The number of nitrogens with one attached hydrogen (secondary N) is 1. The summed E-state index contributed by atoms with van der Waals surface area (Å²) in [6, 6.07) is 8.40. The van der Waals surface area contributed by atoms with Crippen molar-refractivity contribution in [2.45, 2.75) is 37.0 Å². The van der Waals surface area contributed by atoms with Crippen molar-refractivity contribution in [2.24, 2.45) is 0 Å². The molecule has 228 valence electrons. The Morgan fingerprint density at radius 3 is 2.56 bits per heavy atom. The van der Waals surface area contributed by atoms with Crippen LogP contribution in [0.15, 0.2) is 63.3 Å². The minimum absolute atomic E-state index is 0.0964. The van der Waals surface area contributed by atoms with Crippen molar-refractivity contribution >= 4 is 22.8 Å². The molecule has 4 N–H and O–H groups in total. The van der Waals surface area contributed by atoms with Crippen LogP contribution in [-0.4, -0.2) is 83.3 Å². The number of aliphatic hydroxyl groups excluding tert-OH is 3. The van der Waals surface area contributed by atoms with Gasteiger partial charge in [0.15, 0.2) is 11.5 Å². The summed E-state index contributed by atoms with van der Waals surface area (Å²) in [4.78, 5) is 40.0. The van der Waals surface area contributed by atoms with Crippen LogP contribution in [0, 0.1) is 0 Å². The topological polar surface area (TPSA) is 159 Å². The van der Waals surface area contributed by atoms with Crippen LogP contribution in [0.5, 0.6) is 11.5 Å². The number of halogens is 3. The predicted octanol–water partition coefficient (Wildman–Crippen LogP) is 1.62. The first-order valence-corrected chi connectivity index (χ1v) is 13.1. The Kier molecular flexibility index (Phi) is 8.18. The van der Waals surface area contributed by atoms with Gasteiger partial charge in [-0.05, 0) is 35.9 Å². The Morgan fingerprint density at radius 1 is 1.14 bits per heavy atom. The minimum Gasteiger partial charge on any atom is -0.493 e. The van der Waals surface area contributed by atoms with Gasteiger partial charge in [-0.2, -0.15) is 13.2 Å². The third-order valence-corrected chi connectivity index (χ3v) is 7.34. The van der Waals surface area contributed by atoms with E-state index < -0.39 is 73.1 Å². The molecular weight excluding hydrogens is 577 g/mol. The molecule has 3 aromatic rings. The zero-order valence-corrected chi connectivity index (χ0v) is 22.6. The molecule has 4 atom stereocenters. The van der Waals surface area contributed by atoms with Gasteiger partial charge in [-0.15, -0.1) is 0 Å². The molecule has 0 radical (unpaired) electrons. The van der Waals surface area contributed by atoms with Gasteiger partial charge < -0.3 is 39.4 Å². The lowest BCUT2D eigenvalue weighted by Gasteiger charge is -2.40. The molecule has 14 heteroatoms. The molecule has 1 aromatic heterocycles. The van der Waals surface area contributed by atoms with Crippen LogP contribution in [0.2, 0.25) is 0 Å². The minimum atomic E-state index is -4.98. The fourth-order valence-electron chi connectivity index (χ4n) is 5.49. The molecule has 0 spiro atoms. The highest BCUT2D eigenvalue weighted by Crippen LogP contribution is 2.51. The molecule has 0 bridgehead atoms. The number of carbonyl (C=O) groups is 2. The smallest absolute Gasteiger partial charge is 0.406 e. The van der Waals surface area contributed by atoms with Crippen LogP contribution in [0.25, 0.3) is 11.0 Å². The number of para-hydroxylation sites is 1. The molecule has 11 nitrogen and oxygen atoms in total. The van der Waals surface area contributed by atoms with E-state index in [1.807, 2.05) is 0 Å². The van der Waals surface area contributed by atoms with Crippen molar-refractivity contribution in [1.29, 1.82) is 0 Å². The maximum atomic E-state index is 13.9. The van der Waals surface area contributed by atoms with Crippen molar-refractivity contribution in [3.63, 3.8) is 0 Å². The van der Waals surface area contributed by atoms with Crippen LogP contribution in [0.3, 0.4) is 0 Å². The van der Waals surface area contributed by atoms with Crippen LogP contribution < -0.4 is 20.4 Å². The summed E-state index contributed by atoms with van der Waals surface area (Å²) in [6.07, 6.45) is -7.15. The van der Waals surface area contributed by atoms with Gasteiger partial charge in [-0.1, -0.05) is 18.2 Å². The summed E-state index contributed by atoms with van der Waals surface area (Å²) in [6.45, 7) is -2.93. The molecule has 1 aliphatic heterocycles. The third kappa shape index (κ3) is 5.68. The van der Waals surface area contributed by atoms with Crippen LogP contribution >= 0.6 is 0 Å². The van der Waals surface area contributed by atoms with E-state index in [1.165, 1.54) is 31.4 Å². The van der Waals surface area contributed by atoms with Gasteiger partial charge in [0.2, 0.25) is 5.91 Å². The van der Waals surface area contributed by atoms with Crippen molar-refractivity contribution in [3.05, 3.63) is 81.2 Å². The molecule has 0 fully saturated rings. The molecule has 43 heavy (non-hydrogen) atoms. The summed E-state index contributed by atoms with van der Waals surface area (Å²) < 4.78 is 58.3. The Bertz CT molecular complexity index is 1650. The Morgan fingerprint density at radius 2 is 1.88 bits per heavy atom. The second-order valence-electron chi connectivity index (χ2n) is 10.1. The second kappa shape index (κ2) is 11.7. The summed E-state index contributed by atoms with van der Waals surface area (Å²) in [5.41, 5.74) is -1.24. The van der Waals surface area contributed by atoms with Gasteiger partial charge in [0, 0.05) is 23.1 Å².